The van der Waals surface area contributed by atoms with Crippen molar-refractivity contribution in [1.82, 2.24) is 10.2 Å². The van der Waals surface area contributed by atoms with Crippen LogP contribution in [0, 0.1) is 0 Å². The number of halogens is 1. The van der Waals surface area contributed by atoms with Gasteiger partial charge in [-0.15, -0.1) is 10.2 Å². The molecule has 5 nitrogen and oxygen atoms in total. The van der Waals surface area contributed by atoms with Gasteiger partial charge < -0.3 is 5.32 Å². The summed E-state index contributed by atoms with van der Waals surface area (Å²) >= 11 is 7.43. The highest BCUT2D eigenvalue weighted by atomic mass is 35.5. The maximum absolute atomic E-state index is 12.0. The molecule has 7 heteroatoms. The highest BCUT2D eigenvalue weighted by molar-refractivity contribution is 7.19. The second-order valence-corrected chi connectivity index (χ2v) is 7.47. The van der Waals surface area contributed by atoms with E-state index in [1.165, 1.54) is 55.9 Å². The molecule has 1 aromatic carbocycles. The molecule has 0 saturated heterocycles. The number of carbonyl (C=O) groups excluding carboxylic acids is 1. The molecule has 3 rings (SSSR count). The Morgan fingerprint density at radius 1 is 1.12 bits per heavy atom. The normalized spacial score (nSPS) is 15.9. The highest BCUT2D eigenvalue weighted by Gasteiger charge is 2.14. The van der Waals surface area contributed by atoms with Gasteiger partial charge in [0.05, 0.1) is 0 Å². The fourth-order valence-corrected chi connectivity index (χ4v) is 3.78. The van der Waals surface area contributed by atoms with E-state index < -0.39 is 0 Å². The fourth-order valence-electron chi connectivity index (χ4n) is 2.85. The molecule has 2 aromatic rings. The Kier molecular flexibility index (Phi) is 6.42. The maximum Gasteiger partial charge on any atom is 0.250 e. The van der Waals surface area contributed by atoms with Crippen LogP contribution in [0.2, 0.25) is 5.02 Å². The number of amides is 1. The van der Waals surface area contributed by atoms with Gasteiger partial charge in [-0.1, -0.05) is 66.8 Å². The number of aromatic nitrogens is 2. The van der Waals surface area contributed by atoms with Gasteiger partial charge in [0.15, 0.2) is 0 Å². The van der Waals surface area contributed by atoms with Crippen LogP contribution >= 0.6 is 22.9 Å². The van der Waals surface area contributed by atoms with Crippen LogP contribution in [0.15, 0.2) is 30.3 Å². The lowest BCUT2D eigenvalue weighted by molar-refractivity contribution is -0.111. The van der Waals surface area contributed by atoms with Gasteiger partial charge in [-0.05, 0) is 30.5 Å². The van der Waals surface area contributed by atoms with Crippen molar-refractivity contribution in [3.63, 3.8) is 0 Å². The van der Waals surface area contributed by atoms with Crippen molar-refractivity contribution < 1.29 is 4.79 Å². The first kappa shape index (κ1) is 17.9. The van der Waals surface area contributed by atoms with Crippen molar-refractivity contribution in [3.05, 3.63) is 40.9 Å². The van der Waals surface area contributed by atoms with Gasteiger partial charge in [-0.25, -0.2) is 0 Å². The van der Waals surface area contributed by atoms with Gasteiger partial charge in [-0.3, -0.25) is 10.1 Å². The van der Waals surface area contributed by atoms with Gasteiger partial charge in [0.25, 0.3) is 0 Å². The van der Waals surface area contributed by atoms with Crippen molar-refractivity contribution in [1.29, 1.82) is 0 Å². The third-order valence-electron chi connectivity index (χ3n) is 4.16. The van der Waals surface area contributed by atoms with Gasteiger partial charge in [-0.2, -0.15) is 0 Å². The predicted octanol–water partition coefficient (Wildman–Crippen LogP) is 4.98. The zero-order valence-electron chi connectivity index (χ0n) is 13.9. The molecule has 0 atom stereocenters. The van der Waals surface area contributed by atoms with E-state index >= 15 is 0 Å². The zero-order chi connectivity index (χ0) is 17.5. The monoisotopic (exact) mass is 376 g/mol. The van der Waals surface area contributed by atoms with Crippen LogP contribution in [0.4, 0.5) is 10.3 Å². The van der Waals surface area contributed by atoms with E-state index in [1.54, 1.807) is 12.1 Å². The standard InChI is InChI=1S/C18H21ClN4OS/c19-15-10-6-5-7-13(15)11-12-16(24)21-18-23-22-17(25-18)20-14-8-3-1-2-4-9-14/h5-7,10-12,14H,1-4,8-9H2,(H,20,22)(H,21,23,24). The quantitative estimate of drug-likeness (QED) is 0.570. The maximum atomic E-state index is 12.0. The SMILES string of the molecule is O=C(C=Cc1ccccc1Cl)Nc1nnc(NC2CCCCCC2)s1. The molecular formula is C18H21ClN4OS. The van der Waals surface area contributed by atoms with Crippen LogP contribution < -0.4 is 10.6 Å². The molecular weight excluding hydrogens is 356 g/mol. The number of carbonyl (C=O) groups is 1. The first-order chi connectivity index (χ1) is 12.2. The lowest BCUT2D eigenvalue weighted by Crippen LogP contribution is -2.17. The Morgan fingerprint density at radius 3 is 2.60 bits per heavy atom. The van der Waals surface area contributed by atoms with Crippen molar-refractivity contribution in [2.45, 2.75) is 44.6 Å². The van der Waals surface area contributed by atoms with Gasteiger partial charge in [0, 0.05) is 17.1 Å². The summed E-state index contributed by atoms with van der Waals surface area (Å²) in [5.41, 5.74) is 0.798. The fraction of sp³-hybridized carbons (Fsp3) is 0.389. The molecule has 0 radical (unpaired) electrons. The molecule has 1 saturated carbocycles. The molecule has 1 aromatic heterocycles. The Hall–Kier alpha value is -1.92. The first-order valence-corrected chi connectivity index (χ1v) is 9.74. The van der Waals surface area contributed by atoms with Crippen molar-refractivity contribution in [2.24, 2.45) is 0 Å². The number of benzene rings is 1. The molecule has 1 amide bonds. The number of rotatable bonds is 5. The summed E-state index contributed by atoms with van der Waals surface area (Å²) < 4.78 is 0. The highest BCUT2D eigenvalue weighted by Crippen LogP contribution is 2.25. The largest absolute Gasteiger partial charge is 0.357 e. The Bertz CT molecular complexity index is 738. The molecule has 1 fully saturated rings. The van der Waals surface area contributed by atoms with Crippen LogP contribution in [0.1, 0.15) is 44.1 Å². The summed E-state index contributed by atoms with van der Waals surface area (Å²) in [6.45, 7) is 0. The summed E-state index contributed by atoms with van der Waals surface area (Å²) in [5.74, 6) is -0.253. The van der Waals surface area contributed by atoms with Gasteiger partial charge >= 0.3 is 0 Å². The van der Waals surface area contributed by atoms with Crippen LogP contribution in [-0.4, -0.2) is 22.1 Å². The summed E-state index contributed by atoms with van der Waals surface area (Å²) in [5, 5.41) is 16.2. The van der Waals surface area contributed by atoms with E-state index in [1.807, 2.05) is 18.2 Å². The van der Waals surface area contributed by atoms with E-state index in [0.29, 0.717) is 16.2 Å². The van der Waals surface area contributed by atoms with E-state index in [0.717, 1.165) is 10.7 Å². The number of hydrogen-bond donors (Lipinski definition) is 2. The molecule has 0 bridgehead atoms. The number of anilines is 2. The number of hydrogen-bond acceptors (Lipinski definition) is 5. The smallest absolute Gasteiger partial charge is 0.250 e. The minimum atomic E-state index is -0.253. The minimum absolute atomic E-state index is 0.253. The van der Waals surface area contributed by atoms with Crippen LogP contribution in [0.5, 0.6) is 0 Å². The zero-order valence-corrected chi connectivity index (χ0v) is 15.4. The Morgan fingerprint density at radius 2 is 1.84 bits per heavy atom. The molecule has 132 valence electrons. The van der Waals surface area contributed by atoms with Gasteiger partial charge in [0.2, 0.25) is 16.2 Å². The van der Waals surface area contributed by atoms with Crippen molar-refractivity contribution in [2.75, 3.05) is 10.6 Å². The molecule has 1 aliphatic rings. The van der Waals surface area contributed by atoms with Crippen molar-refractivity contribution in [3.8, 4) is 0 Å². The summed E-state index contributed by atoms with van der Waals surface area (Å²) in [7, 11) is 0. The molecule has 0 unspecified atom stereocenters. The molecule has 1 aliphatic carbocycles. The first-order valence-electron chi connectivity index (χ1n) is 8.54. The number of nitrogens with zero attached hydrogens (tertiary/aromatic N) is 2. The second-order valence-electron chi connectivity index (χ2n) is 6.09. The molecule has 0 aliphatic heterocycles. The average molecular weight is 377 g/mol. The van der Waals surface area contributed by atoms with Crippen LogP contribution in [-0.2, 0) is 4.79 Å². The average Bonchev–Trinajstić information content (AvgIpc) is 2.87. The van der Waals surface area contributed by atoms with E-state index in [-0.39, 0.29) is 5.91 Å². The van der Waals surface area contributed by atoms with Crippen LogP contribution in [0.3, 0.4) is 0 Å². The molecule has 1 heterocycles. The molecule has 0 spiro atoms. The Balaban J connectivity index is 1.53. The lowest BCUT2D eigenvalue weighted by Gasteiger charge is -2.14. The Labute approximate surface area is 156 Å². The summed E-state index contributed by atoms with van der Waals surface area (Å²) in [4.78, 5) is 12.0. The number of nitrogens with one attached hydrogen (secondary N) is 2. The van der Waals surface area contributed by atoms with Gasteiger partial charge in [0.1, 0.15) is 0 Å². The third-order valence-corrected chi connectivity index (χ3v) is 5.27. The van der Waals surface area contributed by atoms with E-state index in [2.05, 4.69) is 20.8 Å². The topological polar surface area (TPSA) is 66.9 Å². The molecule has 25 heavy (non-hydrogen) atoms. The molecule has 2 N–H and O–H groups in total. The summed E-state index contributed by atoms with van der Waals surface area (Å²) in [6.07, 6.45) is 10.6. The lowest BCUT2D eigenvalue weighted by atomic mass is 10.1. The predicted molar refractivity (Wildman–Crippen MR) is 104 cm³/mol. The minimum Gasteiger partial charge on any atom is -0.357 e. The van der Waals surface area contributed by atoms with Crippen molar-refractivity contribution >= 4 is 45.2 Å². The second kappa shape index (κ2) is 8.97. The summed E-state index contributed by atoms with van der Waals surface area (Å²) in [6, 6.07) is 7.82. The van der Waals surface area contributed by atoms with Crippen LogP contribution in [0.25, 0.3) is 6.08 Å². The third kappa shape index (κ3) is 5.54. The van der Waals surface area contributed by atoms with E-state index in [9.17, 15) is 4.79 Å². The van der Waals surface area contributed by atoms with E-state index in [4.69, 9.17) is 11.6 Å².